The molecule has 3 aromatic rings. The van der Waals surface area contributed by atoms with Crippen LogP contribution in [0.2, 0.25) is 5.02 Å². The van der Waals surface area contributed by atoms with Gasteiger partial charge in [0.25, 0.3) is 0 Å². The molecule has 1 fully saturated rings. The van der Waals surface area contributed by atoms with Crippen molar-refractivity contribution in [1.29, 1.82) is 0 Å². The fourth-order valence-electron chi connectivity index (χ4n) is 4.12. The summed E-state index contributed by atoms with van der Waals surface area (Å²) >= 11 is 7.36. The Kier molecular flexibility index (Phi) is 8.03. The molecule has 174 valence electrons. The lowest BCUT2D eigenvalue weighted by Gasteiger charge is -2.38. The topological polar surface area (TPSA) is 72.3 Å². The van der Waals surface area contributed by atoms with E-state index >= 15 is 0 Å². The molecule has 1 aromatic heterocycles. The van der Waals surface area contributed by atoms with Gasteiger partial charge in [-0.2, -0.15) is 0 Å². The van der Waals surface area contributed by atoms with Crippen LogP contribution < -0.4 is 5.32 Å². The third kappa shape index (κ3) is 5.95. The highest BCUT2D eigenvalue weighted by atomic mass is 35.5. The van der Waals surface area contributed by atoms with Crippen molar-refractivity contribution in [2.45, 2.75) is 24.2 Å². The average molecular weight is 486 g/mol. The van der Waals surface area contributed by atoms with Crippen molar-refractivity contribution in [3.8, 4) is 11.4 Å². The summed E-state index contributed by atoms with van der Waals surface area (Å²) in [5.74, 6) is 0.971. The summed E-state index contributed by atoms with van der Waals surface area (Å²) in [5, 5.41) is 13.1. The van der Waals surface area contributed by atoms with Crippen LogP contribution in [0.5, 0.6) is 0 Å². The molecule has 1 saturated heterocycles. The van der Waals surface area contributed by atoms with E-state index in [-0.39, 0.29) is 23.7 Å². The van der Waals surface area contributed by atoms with Gasteiger partial charge in [-0.25, -0.2) is 0 Å². The second kappa shape index (κ2) is 11.2. The Morgan fingerprint density at radius 2 is 1.82 bits per heavy atom. The van der Waals surface area contributed by atoms with Gasteiger partial charge >= 0.3 is 0 Å². The van der Waals surface area contributed by atoms with Crippen molar-refractivity contribution in [3.63, 3.8) is 0 Å². The van der Waals surface area contributed by atoms with Crippen LogP contribution in [0.4, 0.5) is 0 Å². The monoisotopic (exact) mass is 485 g/mol. The van der Waals surface area contributed by atoms with Gasteiger partial charge < -0.3 is 14.6 Å². The van der Waals surface area contributed by atoms with E-state index in [1.807, 2.05) is 54.1 Å². The third-order valence-corrected chi connectivity index (χ3v) is 6.98. The number of carbonyl (C=O) groups is 1. The number of rotatable bonds is 8. The van der Waals surface area contributed by atoms with Crippen molar-refractivity contribution in [1.82, 2.24) is 25.0 Å². The minimum absolute atomic E-state index is 0.0299. The second-order valence-corrected chi connectivity index (χ2v) is 9.40. The summed E-state index contributed by atoms with van der Waals surface area (Å²) in [7, 11) is 1.90. The highest BCUT2D eigenvalue weighted by Crippen LogP contribution is 2.26. The Bertz CT molecular complexity index is 1050. The zero-order valence-corrected chi connectivity index (χ0v) is 20.4. The maximum atomic E-state index is 12.8. The first-order chi connectivity index (χ1) is 16.0. The smallest absolute Gasteiger partial charge is 0.230 e. The van der Waals surface area contributed by atoms with Gasteiger partial charge in [0.15, 0.2) is 11.0 Å². The molecule has 1 N–H and O–H groups in total. The predicted molar refractivity (Wildman–Crippen MR) is 131 cm³/mol. The Labute approximate surface area is 203 Å². The third-order valence-electron chi connectivity index (χ3n) is 5.71. The maximum Gasteiger partial charge on any atom is 0.230 e. The van der Waals surface area contributed by atoms with Crippen molar-refractivity contribution in [3.05, 3.63) is 65.2 Å². The molecular formula is C24H28ClN5O2S. The summed E-state index contributed by atoms with van der Waals surface area (Å²) in [6.45, 7) is 5.18. The van der Waals surface area contributed by atoms with Crippen molar-refractivity contribution in [2.75, 3.05) is 32.1 Å². The molecule has 2 heterocycles. The quantitative estimate of drug-likeness (QED) is 0.489. The maximum absolute atomic E-state index is 12.8. The molecule has 1 aliphatic heterocycles. The van der Waals surface area contributed by atoms with Crippen molar-refractivity contribution >= 4 is 29.3 Å². The minimum atomic E-state index is -0.0530. The summed E-state index contributed by atoms with van der Waals surface area (Å²) in [4.78, 5) is 15.2. The largest absolute Gasteiger partial charge is 0.379 e. The number of benzene rings is 2. The summed E-state index contributed by atoms with van der Waals surface area (Å²) in [5.41, 5.74) is 2.12. The first-order valence-electron chi connectivity index (χ1n) is 11.0. The standard InChI is InChI=1S/C24H28ClN5O2S/c1-17(22(18-6-4-3-5-7-18)30-12-14-32-15-13-30)26-21(31)16-33-24-28-27-23(29(24)2)19-8-10-20(25)11-9-19/h3-11,17,22H,12-16H2,1-2H3,(H,26,31)/t17-,22-/m0/s1. The molecule has 0 bridgehead atoms. The molecule has 0 unspecified atom stereocenters. The van der Waals surface area contributed by atoms with Crippen molar-refractivity contribution < 1.29 is 9.53 Å². The molecule has 33 heavy (non-hydrogen) atoms. The molecule has 4 rings (SSSR count). The van der Waals surface area contributed by atoms with E-state index in [9.17, 15) is 4.79 Å². The number of hydrogen-bond donors (Lipinski definition) is 1. The van der Waals surface area contributed by atoms with Crippen LogP contribution in [0.1, 0.15) is 18.5 Å². The van der Waals surface area contributed by atoms with Crippen LogP contribution in [-0.2, 0) is 16.6 Å². The van der Waals surface area contributed by atoms with E-state index in [1.54, 1.807) is 0 Å². The normalized spacial score (nSPS) is 16.3. The number of nitrogens with one attached hydrogen (secondary N) is 1. The van der Waals surface area contributed by atoms with Gasteiger partial charge in [-0.3, -0.25) is 9.69 Å². The number of hydrogen-bond acceptors (Lipinski definition) is 6. The van der Waals surface area contributed by atoms with Gasteiger partial charge in [0.1, 0.15) is 0 Å². The number of halogens is 1. The molecular weight excluding hydrogens is 458 g/mol. The Hall–Kier alpha value is -2.39. The van der Waals surface area contributed by atoms with Crippen LogP contribution in [0.3, 0.4) is 0 Å². The van der Waals surface area contributed by atoms with Crippen molar-refractivity contribution in [2.24, 2.45) is 7.05 Å². The van der Waals surface area contributed by atoms with Crippen LogP contribution >= 0.6 is 23.4 Å². The summed E-state index contributed by atoms with van der Waals surface area (Å²) in [6.07, 6.45) is 0. The molecule has 0 saturated carbocycles. The highest BCUT2D eigenvalue weighted by Gasteiger charge is 2.28. The van der Waals surface area contributed by atoms with Crippen LogP contribution in [0, 0.1) is 0 Å². The lowest BCUT2D eigenvalue weighted by Crippen LogP contribution is -2.48. The summed E-state index contributed by atoms with van der Waals surface area (Å²) < 4.78 is 7.42. The van der Waals surface area contributed by atoms with Gasteiger partial charge in [0.2, 0.25) is 5.91 Å². The fraction of sp³-hybridized carbons (Fsp3) is 0.375. The molecule has 1 aliphatic rings. The summed E-state index contributed by atoms with van der Waals surface area (Å²) in [6, 6.07) is 17.8. The SMILES string of the molecule is C[C@H](NC(=O)CSc1nnc(-c2ccc(Cl)cc2)n1C)[C@@H](c1ccccc1)N1CCOCC1. The zero-order valence-electron chi connectivity index (χ0n) is 18.8. The molecule has 7 nitrogen and oxygen atoms in total. The molecule has 9 heteroatoms. The Balaban J connectivity index is 1.39. The molecule has 2 atom stereocenters. The fourth-order valence-corrected chi connectivity index (χ4v) is 4.97. The molecule has 0 spiro atoms. The molecule has 0 aliphatic carbocycles. The number of nitrogens with zero attached hydrogens (tertiary/aromatic N) is 4. The van der Waals surface area contributed by atoms with E-state index in [1.165, 1.54) is 17.3 Å². The number of morpholine rings is 1. The van der Waals surface area contributed by atoms with E-state index in [0.717, 1.165) is 24.5 Å². The van der Waals surface area contributed by atoms with E-state index < -0.39 is 0 Å². The molecule has 1 amide bonds. The number of carbonyl (C=O) groups excluding carboxylic acids is 1. The number of aromatic nitrogens is 3. The molecule has 2 aromatic carbocycles. The van der Waals surface area contributed by atoms with Crippen LogP contribution in [-0.4, -0.2) is 63.7 Å². The Morgan fingerprint density at radius 1 is 1.12 bits per heavy atom. The van der Waals surface area contributed by atoms with E-state index in [2.05, 4.69) is 39.5 Å². The van der Waals surface area contributed by atoms with Gasteiger partial charge in [-0.15, -0.1) is 10.2 Å². The number of amides is 1. The lowest BCUT2D eigenvalue weighted by molar-refractivity contribution is -0.119. The number of thioether (sulfide) groups is 1. The van der Waals surface area contributed by atoms with E-state index in [4.69, 9.17) is 16.3 Å². The van der Waals surface area contributed by atoms with Gasteiger partial charge in [0, 0.05) is 36.8 Å². The zero-order chi connectivity index (χ0) is 23.2. The van der Waals surface area contributed by atoms with Crippen LogP contribution in [0.15, 0.2) is 59.8 Å². The van der Waals surface area contributed by atoms with Crippen LogP contribution in [0.25, 0.3) is 11.4 Å². The number of ether oxygens (including phenoxy) is 1. The second-order valence-electron chi connectivity index (χ2n) is 8.02. The first-order valence-corrected chi connectivity index (χ1v) is 12.3. The predicted octanol–water partition coefficient (Wildman–Crippen LogP) is 3.81. The van der Waals surface area contributed by atoms with Gasteiger partial charge in [-0.05, 0) is 36.8 Å². The highest BCUT2D eigenvalue weighted by molar-refractivity contribution is 7.99. The first kappa shape index (κ1) is 23.8. The average Bonchev–Trinajstić information content (AvgIpc) is 3.20. The molecule has 0 radical (unpaired) electrons. The van der Waals surface area contributed by atoms with Gasteiger partial charge in [0.05, 0.1) is 25.0 Å². The Morgan fingerprint density at radius 3 is 2.52 bits per heavy atom. The minimum Gasteiger partial charge on any atom is -0.379 e. The van der Waals surface area contributed by atoms with E-state index in [0.29, 0.717) is 23.4 Å². The lowest BCUT2D eigenvalue weighted by atomic mass is 9.98. The van der Waals surface area contributed by atoms with Gasteiger partial charge in [-0.1, -0.05) is 53.7 Å².